The zero-order valence-corrected chi connectivity index (χ0v) is 7.65. The highest BCUT2D eigenvalue weighted by Crippen LogP contribution is 2.08. The van der Waals surface area contributed by atoms with Gasteiger partial charge < -0.3 is 4.42 Å². The number of rotatable bonds is 2. The Hall–Kier alpha value is -1.25. The fourth-order valence-corrected chi connectivity index (χ4v) is 1.50. The lowest BCUT2D eigenvalue weighted by atomic mass is 10.2. The zero-order valence-electron chi connectivity index (χ0n) is 7.65. The molecule has 1 aromatic heterocycles. The van der Waals surface area contributed by atoms with Gasteiger partial charge in [-0.15, -0.1) is 0 Å². The average molecular weight is 178 g/mol. The van der Waals surface area contributed by atoms with E-state index in [0.717, 1.165) is 18.8 Å². The van der Waals surface area contributed by atoms with Crippen molar-refractivity contribution in [3.8, 4) is 0 Å². The van der Waals surface area contributed by atoms with Gasteiger partial charge in [0.15, 0.2) is 0 Å². The summed E-state index contributed by atoms with van der Waals surface area (Å²) < 4.78 is 5.15. The third-order valence-corrected chi connectivity index (χ3v) is 2.22. The van der Waals surface area contributed by atoms with Gasteiger partial charge in [0.25, 0.3) is 0 Å². The van der Waals surface area contributed by atoms with Crippen molar-refractivity contribution >= 4 is 6.21 Å². The summed E-state index contributed by atoms with van der Waals surface area (Å²) in [5.74, 6) is 0.825. The molecule has 70 valence electrons. The normalized spacial score (nSPS) is 18.3. The van der Waals surface area contributed by atoms with Gasteiger partial charge in [-0.25, -0.2) is 0 Å². The zero-order chi connectivity index (χ0) is 8.93. The van der Waals surface area contributed by atoms with Gasteiger partial charge in [-0.3, -0.25) is 5.01 Å². The van der Waals surface area contributed by atoms with Crippen LogP contribution in [-0.2, 0) is 0 Å². The predicted molar refractivity (Wildman–Crippen MR) is 51.7 cm³/mol. The molecule has 0 unspecified atom stereocenters. The fraction of sp³-hybridized carbons (Fsp3) is 0.500. The average Bonchev–Trinajstić information content (AvgIpc) is 2.69. The van der Waals surface area contributed by atoms with E-state index in [1.807, 2.05) is 12.1 Å². The molecule has 0 radical (unpaired) electrons. The van der Waals surface area contributed by atoms with Gasteiger partial charge in [0.2, 0.25) is 0 Å². The highest BCUT2D eigenvalue weighted by Gasteiger charge is 2.05. The summed E-state index contributed by atoms with van der Waals surface area (Å²) in [5.41, 5.74) is 0. The minimum Gasteiger partial charge on any atom is -0.463 e. The van der Waals surface area contributed by atoms with Crippen molar-refractivity contribution in [3.63, 3.8) is 0 Å². The lowest BCUT2D eigenvalue weighted by Gasteiger charge is -2.22. The standard InChI is InChI=1S/C10H14N2O/c1-2-6-12(7-3-1)11-9-10-5-4-8-13-10/h4-5,8-9H,1-3,6-7H2/b11-9+. The molecule has 0 spiro atoms. The summed E-state index contributed by atoms with van der Waals surface area (Å²) in [6.45, 7) is 2.16. The number of hydrogen-bond donors (Lipinski definition) is 0. The molecule has 1 fully saturated rings. The van der Waals surface area contributed by atoms with E-state index in [1.165, 1.54) is 19.3 Å². The molecule has 0 aliphatic carbocycles. The van der Waals surface area contributed by atoms with Crippen LogP contribution in [0.4, 0.5) is 0 Å². The molecule has 1 aromatic rings. The monoisotopic (exact) mass is 178 g/mol. The van der Waals surface area contributed by atoms with Gasteiger partial charge in [-0.1, -0.05) is 0 Å². The number of furan rings is 1. The van der Waals surface area contributed by atoms with Gasteiger partial charge in [-0.05, 0) is 31.4 Å². The second-order valence-electron chi connectivity index (χ2n) is 3.27. The van der Waals surface area contributed by atoms with Crippen molar-refractivity contribution in [3.05, 3.63) is 24.2 Å². The molecule has 0 atom stereocenters. The molecule has 1 aliphatic heterocycles. The Labute approximate surface area is 78.0 Å². The van der Waals surface area contributed by atoms with Crippen LogP contribution < -0.4 is 0 Å². The Kier molecular flexibility index (Phi) is 2.65. The van der Waals surface area contributed by atoms with E-state index in [2.05, 4.69) is 10.1 Å². The van der Waals surface area contributed by atoms with E-state index in [0.29, 0.717) is 0 Å². The second-order valence-corrected chi connectivity index (χ2v) is 3.27. The first-order chi connectivity index (χ1) is 6.45. The fourth-order valence-electron chi connectivity index (χ4n) is 1.50. The second kappa shape index (κ2) is 4.12. The van der Waals surface area contributed by atoms with Crippen LogP contribution >= 0.6 is 0 Å². The largest absolute Gasteiger partial charge is 0.463 e. The maximum absolute atomic E-state index is 5.15. The topological polar surface area (TPSA) is 28.7 Å². The molecule has 0 aromatic carbocycles. The lowest BCUT2D eigenvalue weighted by Crippen LogP contribution is -2.24. The van der Waals surface area contributed by atoms with Crippen LogP contribution in [0, 0.1) is 0 Å². The maximum atomic E-state index is 5.15. The Morgan fingerprint density at radius 1 is 1.31 bits per heavy atom. The third-order valence-electron chi connectivity index (χ3n) is 2.22. The van der Waals surface area contributed by atoms with Crippen LogP contribution in [0.25, 0.3) is 0 Å². The van der Waals surface area contributed by atoms with Crippen LogP contribution in [0.1, 0.15) is 25.0 Å². The summed E-state index contributed by atoms with van der Waals surface area (Å²) in [4.78, 5) is 0. The molecule has 3 heteroatoms. The van der Waals surface area contributed by atoms with Crippen LogP contribution in [0.2, 0.25) is 0 Å². The molecule has 1 saturated heterocycles. The predicted octanol–water partition coefficient (Wildman–Crippen LogP) is 2.10. The third kappa shape index (κ3) is 2.34. The highest BCUT2D eigenvalue weighted by molar-refractivity contribution is 5.75. The lowest BCUT2D eigenvalue weighted by molar-refractivity contribution is 0.240. The summed E-state index contributed by atoms with van der Waals surface area (Å²) in [5, 5.41) is 6.44. The van der Waals surface area contributed by atoms with E-state index in [1.54, 1.807) is 12.5 Å². The molecule has 13 heavy (non-hydrogen) atoms. The highest BCUT2D eigenvalue weighted by atomic mass is 16.3. The summed E-state index contributed by atoms with van der Waals surface area (Å²) in [6, 6.07) is 3.78. The van der Waals surface area contributed by atoms with Gasteiger partial charge in [0.1, 0.15) is 5.76 Å². The van der Waals surface area contributed by atoms with Crippen molar-refractivity contribution in [1.82, 2.24) is 5.01 Å². The molecule has 0 bridgehead atoms. The quantitative estimate of drug-likeness (QED) is 0.649. The first-order valence-electron chi connectivity index (χ1n) is 4.77. The molecule has 0 N–H and O–H groups in total. The number of hydrogen-bond acceptors (Lipinski definition) is 3. The smallest absolute Gasteiger partial charge is 0.146 e. The molecular formula is C10H14N2O. The first kappa shape index (κ1) is 8.35. The Morgan fingerprint density at radius 2 is 2.15 bits per heavy atom. The SMILES string of the molecule is C(=N\N1CCCCC1)/c1ccco1. The molecule has 0 saturated carbocycles. The van der Waals surface area contributed by atoms with Crippen molar-refractivity contribution in [2.24, 2.45) is 5.10 Å². The molecular weight excluding hydrogens is 164 g/mol. The first-order valence-corrected chi connectivity index (χ1v) is 4.77. The van der Waals surface area contributed by atoms with E-state index >= 15 is 0 Å². The van der Waals surface area contributed by atoms with E-state index in [9.17, 15) is 0 Å². The minimum absolute atomic E-state index is 0.825. The summed E-state index contributed by atoms with van der Waals surface area (Å²) in [7, 11) is 0. The van der Waals surface area contributed by atoms with Crippen molar-refractivity contribution in [2.45, 2.75) is 19.3 Å². The molecule has 2 rings (SSSR count). The van der Waals surface area contributed by atoms with Crippen molar-refractivity contribution < 1.29 is 4.42 Å². The van der Waals surface area contributed by atoms with E-state index < -0.39 is 0 Å². The van der Waals surface area contributed by atoms with Crippen LogP contribution in [-0.4, -0.2) is 24.3 Å². The van der Waals surface area contributed by atoms with Crippen molar-refractivity contribution in [1.29, 1.82) is 0 Å². The Bertz CT molecular complexity index is 260. The van der Waals surface area contributed by atoms with E-state index in [-0.39, 0.29) is 0 Å². The number of piperidine rings is 1. The van der Waals surface area contributed by atoms with Gasteiger partial charge >= 0.3 is 0 Å². The van der Waals surface area contributed by atoms with Crippen LogP contribution in [0.15, 0.2) is 27.9 Å². The number of hydrazone groups is 1. The van der Waals surface area contributed by atoms with Crippen LogP contribution in [0.5, 0.6) is 0 Å². The molecule has 0 amide bonds. The van der Waals surface area contributed by atoms with Crippen LogP contribution in [0.3, 0.4) is 0 Å². The summed E-state index contributed by atoms with van der Waals surface area (Å²) >= 11 is 0. The van der Waals surface area contributed by atoms with Gasteiger partial charge in [0.05, 0.1) is 12.5 Å². The van der Waals surface area contributed by atoms with Crippen molar-refractivity contribution in [2.75, 3.05) is 13.1 Å². The van der Waals surface area contributed by atoms with E-state index in [4.69, 9.17) is 4.42 Å². The number of nitrogens with zero attached hydrogens (tertiary/aromatic N) is 2. The molecule has 1 aliphatic rings. The minimum atomic E-state index is 0.825. The Morgan fingerprint density at radius 3 is 2.85 bits per heavy atom. The summed E-state index contributed by atoms with van der Waals surface area (Å²) in [6.07, 6.45) is 7.31. The maximum Gasteiger partial charge on any atom is 0.146 e. The van der Waals surface area contributed by atoms with Gasteiger partial charge in [0, 0.05) is 13.1 Å². The molecule has 3 nitrogen and oxygen atoms in total. The molecule has 2 heterocycles. The van der Waals surface area contributed by atoms with Gasteiger partial charge in [-0.2, -0.15) is 5.10 Å². The Balaban J connectivity index is 1.89.